The second-order valence-electron chi connectivity index (χ2n) is 9.76. The summed E-state index contributed by atoms with van der Waals surface area (Å²) in [6.07, 6.45) is -0.502. The predicted molar refractivity (Wildman–Crippen MR) is 89.7 cm³/mol. The molecule has 6 fully saturated rings. The summed E-state index contributed by atoms with van der Waals surface area (Å²) in [5, 5.41) is 33.9. The van der Waals surface area contributed by atoms with Gasteiger partial charge in [0.15, 0.2) is 5.78 Å². The molecule has 6 aliphatic rings. The smallest absolute Gasteiger partial charge is 0.208 e. The van der Waals surface area contributed by atoms with Crippen molar-refractivity contribution in [3.63, 3.8) is 0 Å². The van der Waals surface area contributed by atoms with Crippen molar-refractivity contribution in [2.45, 2.75) is 57.5 Å². The molecule has 6 heteroatoms. The molecule has 3 N–H and O–H groups in total. The number of ketones is 2. The van der Waals surface area contributed by atoms with Gasteiger partial charge in [-0.05, 0) is 36.2 Å². The molecule has 2 saturated heterocycles. The van der Waals surface area contributed by atoms with Crippen molar-refractivity contribution in [1.82, 2.24) is 0 Å². The average Bonchev–Trinajstić information content (AvgIpc) is 2.69. The van der Waals surface area contributed by atoms with Crippen LogP contribution in [0.15, 0.2) is 12.2 Å². The Balaban J connectivity index is 1.83. The Morgan fingerprint density at radius 3 is 2.54 bits per heavy atom. The first-order valence-corrected chi connectivity index (χ1v) is 9.56. The molecule has 4 aliphatic carbocycles. The molecule has 2 aliphatic heterocycles. The van der Waals surface area contributed by atoms with E-state index in [0.29, 0.717) is 25.7 Å². The number of hydrogen-bond donors (Lipinski definition) is 3. The molecule has 6 rings (SSSR count). The zero-order chi connectivity index (χ0) is 18.9. The highest BCUT2D eigenvalue weighted by molar-refractivity contribution is 6.06. The van der Waals surface area contributed by atoms with E-state index >= 15 is 0 Å². The summed E-state index contributed by atoms with van der Waals surface area (Å²) >= 11 is 0. The van der Waals surface area contributed by atoms with Crippen molar-refractivity contribution < 1.29 is 29.6 Å². The van der Waals surface area contributed by atoms with E-state index in [4.69, 9.17) is 4.74 Å². The Hall–Kier alpha value is -1.08. The quantitative estimate of drug-likeness (QED) is 0.545. The molecule has 0 amide bonds. The third-order valence-corrected chi connectivity index (χ3v) is 8.65. The fraction of sp³-hybridized carbons (Fsp3) is 0.800. The van der Waals surface area contributed by atoms with Crippen molar-refractivity contribution >= 4 is 11.6 Å². The number of aliphatic hydroxyl groups is 3. The highest BCUT2D eigenvalue weighted by Gasteiger charge is 2.87. The van der Waals surface area contributed by atoms with Crippen LogP contribution in [0, 0.1) is 34.0 Å². The summed E-state index contributed by atoms with van der Waals surface area (Å²) in [7, 11) is 0. The van der Waals surface area contributed by atoms with Crippen LogP contribution >= 0.6 is 0 Å². The van der Waals surface area contributed by atoms with Crippen molar-refractivity contribution in [1.29, 1.82) is 0 Å². The molecule has 0 radical (unpaired) electrons. The van der Waals surface area contributed by atoms with Gasteiger partial charge in [-0.1, -0.05) is 20.4 Å². The first-order chi connectivity index (χ1) is 12.1. The fourth-order valence-corrected chi connectivity index (χ4v) is 7.63. The molecule has 6 nitrogen and oxygen atoms in total. The van der Waals surface area contributed by atoms with Gasteiger partial charge in [-0.3, -0.25) is 9.59 Å². The van der Waals surface area contributed by atoms with Crippen molar-refractivity contribution in [3.05, 3.63) is 12.2 Å². The minimum absolute atomic E-state index is 0.00293. The minimum Gasteiger partial charge on any atom is -0.391 e. The molecule has 4 saturated carbocycles. The lowest BCUT2D eigenvalue weighted by atomic mass is 9.36. The molecular weight excluding hydrogens is 336 g/mol. The molecule has 26 heavy (non-hydrogen) atoms. The summed E-state index contributed by atoms with van der Waals surface area (Å²) in [6, 6.07) is 0. The van der Waals surface area contributed by atoms with Gasteiger partial charge in [-0.2, -0.15) is 0 Å². The Morgan fingerprint density at radius 2 is 1.85 bits per heavy atom. The van der Waals surface area contributed by atoms with Crippen LogP contribution in [0.25, 0.3) is 0 Å². The van der Waals surface area contributed by atoms with Gasteiger partial charge in [0.05, 0.1) is 18.1 Å². The average molecular weight is 362 g/mol. The van der Waals surface area contributed by atoms with Crippen LogP contribution in [0.2, 0.25) is 0 Å². The predicted octanol–water partition coefficient (Wildman–Crippen LogP) is 0.584. The molecule has 2 spiro atoms. The monoisotopic (exact) mass is 362 g/mol. The molecule has 142 valence electrons. The lowest BCUT2D eigenvalue weighted by Gasteiger charge is -2.72. The fourth-order valence-electron chi connectivity index (χ4n) is 7.63. The largest absolute Gasteiger partial charge is 0.391 e. The molecule has 2 heterocycles. The maximum Gasteiger partial charge on any atom is 0.208 e. The highest BCUT2D eigenvalue weighted by atomic mass is 16.6. The van der Waals surface area contributed by atoms with E-state index in [9.17, 15) is 24.9 Å². The maximum atomic E-state index is 13.3. The van der Waals surface area contributed by atoms with E-state index in [-0.39, 0.29) is 23.4 Å². The summed E-state index contributed by atoms with van der Waals surface area (Å²) in [4.78, 5) is 26.6. The SMILES string of the molecule is C=C1C(=O)[C@]23[C@H](O)[C@H]1CC[C@H]2[C@@]12CO[C@]3(O)[C@@H](O)[C@@H]1C(C)(C)CCC2=O. The summed E-state index contributed by atoms with van der Waals surface area (Å²) < 4.78 is 5.74. The number of aliphatic hydroxyl groups excluding tert-OH is 2. The van der Waals surface area contributed by atoms with Gasteiger partial charge < -0.3 is 20.1 Å². The van der Waals surface area contributed by atoms with Crippen LogP contribution in [0.1, 0.15) is 39.5 Å². The van der Waals surface area contributed by atoms with Gasteiger partial charge in [0.2, 0.25) is 5.79 Å². The second-order valence-corrected chi connectivity index (χ2v) is 9.76. The van der Waals surface area contributed by atoms with Crippen molar-refractivity contribution in [2.75, 3.05) is 6.61 Å². The van der Waals surface area contributed by atoms with E-state index in [0.717, 1.165) is 0 Å². The van der Waals surface area contributed by atoms with Crippen LogP contribution in [0.3, 0.4) is 0 Å². The Morgan fingerprint density at radius 1 is 1.15 bits per heavy atom. The van der Waals surface area contributed by atoms with Crippen LogP contribution in [-0.4, -0.2) is 51.5 Å². The Kier molecular flexibility index (Phi) is 2.94. The lowest BCUT2D eigenvalue weighted by molar-refractivity contribution is -0.437. The van der Waals surface area contributed by atoms with E-state index in [1.807, 2.05) is 13.8 Å². The highest BCUT2D eigenvalue weighted by Crippen LogP contribution is 2.75. The van der Waals surface area contributed by atoms with Crippen LogP contribution < -0.4 is 0 Å². The van der Waals surface area contributed by atoms with E-state index in [1.54, 1.807) is 0 Å². The van der Waals surface area contributed by atoms with Gasteiger partial charge in [-0.25, -0.2) is 0 Å². The number of fused-ring (bicyclic) bond motifs is 2. The standard InChI is InChI=1S/C20H26O6/c1-9-10-4-5-11-18-8-26-20(25,19(11,14(9)22)15(10)23)16(24)13(18)17(2,3)7-6-12(18)21/h10-11,13,15-16,23-25H,1,4-8H2,2-3H3/t10-,11-,13+,15+,16-,18+,19-,20+/m0/s1. The van der Waals surface area contributed by atoms with E-state index < -0.39 is 52.4 Å². The van der Waals surface area contributed by atoms with Crippen LogP contribution in [-0.2, 0) is 14.3 Å². The third-order valence-electron chi connectivity index (χ3n) is 8.65. The normalized spacial score (nSPS) is 57.1. The van der Waals surface area contributed by atoms with E-state index in [1.165, 1.54) is 0 Å². The zero-order valence-corrected chi connectivity index (χ0v) is 15.2. The van der Waals surface area contributed by atoms with Crippen LogP contribution in [0.4, 0.5) is 0 Å². The van der Waals surface area contributed by atoms with Gasteiger partial charge in [-0.15, -0.1) is 0 Å². The lowest BCUT2D eigenvalue weighted by Crippen LogP contribution is -2.85. The topological polar surface area (TPSA) is 104 Å². The summed E-state index contributed by atoms with van der Waals surface area (Å²) in [5.74, 6) is -4.12. The number of rotatable bonds is 0. The third kappa shape index (κ3) is 1.36. The minimum atomic E-state index is -2.19. The Labute approximate surface area is 152 Å². The number of hydrogen-bond acceptors (Lipinski definition) is 6. The molecule has 0 aromatic rings. The zero-order valence-electron chi connectivity index (χ0n) is 15.2. The summed E-state index contributed by atoms with van der Waals surface area (Å²) in [5.41, 5.74) is -2.83. The van der Waals surface area contributed by atoms with Gasteiger partial charge >= 0.3 is 0 Å². The van der Waals surface area contributed by atoms with Gasteiger partial charge in [0.1, 0.15) is 17.3 Å². The first kappa shape index (κ1) is 17.0. The number of carbonyl (C=O) groups excluding carboxylic acids is 2. The molecule has 0 aromatic carbocycles. The molecule has 0 aromatic heterocycles. The maximum absolute atomic E-state index is 13.3. The Bertz CT molecular complexity index is 757. The second kappa shape index (κ2) is 4.49. The van der Waals surface area contributed by atoms with Gasteiger partial charge in [0, 0.05) is 18.3 Å². The molecule has 0 unspecified atom stereocenters. The van der Waals surface area contributed by atoms with Crippen LogP contribution in [0.5, 0.6) is 0 Å². The molecule has 4 bridgehead atoms. The van der Waals surface area contributed by atoms with Crippen molar-refractivity contribution in [3.8, 4) is 0 Å². The van der Waals surface area contributed by atoms with Crippen molar-refractivity contribution in [2.24, 2.45) is 34.0 Å². The summed E-state index contributed by atoms with van der Waals surface area (Å²) in [6.45, 7) is 7.86. The number of carbonyl (C=O) groups is 2. The van der Waals surface area contributed by atoms with E-state index in [2.05, 4.69) is 6.58 Å². The van der Waals surface area contributed by atoms with Gasteiger partial charge in [0.25, 0.3) is 0 Å². The molecule has 8 atom stereocenters. The first-order valence-electron chi connectivity index (χ1n) is 9.56. The number of Topliss-reactive ketones (excluding diaryl/α,β-unsaturated/α-hetero) is 2. The number of ether oxygens (including phenoxy) is 1. The molecular formula is C20H26O6.